The first kappa shape index (κ1) is 21.9. The number of amides is 1. The Kier molecular flexibility index (Phi) is 7.91. The molecule has 1 N–H and O–H groups in total. The molecule has 0 saturated carbocycles. The average Bonchev–Trinajstić information content (AvgIpc) is 2.73. The van der Waals surface area contributed by atoms with E-state index in [1.807, 2.05) is 60.7 Å². The molecule has 0 spiro atoms. The molecule has 0 radical (unpaired) electrons. The summed E-state index contributed by atoms with van der Waals surface area (Å²) in [7, 11) is 0. The van der Waals surface area contributed by atoms with E-state index < -0.39 is 0 Å². The van der Waals surface area contributed by atoms with Gasteiger partial charge in [0, 0.05) is 11.8 Å². The van der Waals surface area contributed by atoms with Crippen molar-refractivity contribution in [3.63, 3.8) is 0 Å². The lowest BCUT2D eigenvalue weighted by Crippen LogP contribution is -2.20. The van der Waals surface area contributed by atoms with Crippen molar-refractivity contribution in [1.82, 2.24) is 0 Å². The number of rotatable bonds is 9. The first-order valence-electron chi connectivity index (χ1n) is 10.0. The summed E-state index contributed by atoms with van der Waals surface area (Å²) in [5, 5.41) is 2.85. The van der Waals surface area contributed by atoms with E-state index in [9.17, 15) is 4.79 Å². The molecule has 30 heavy (non-hydrogen) atoms. The monoisotopic (exact) mass is 467 g/mol. The third-order valence-electron chi connectivity index (χ3n) is 4.48. The molecule has 0 unspecified atom stereocenters. The van der Waals surface area contributed by atoms with Crippen LogP contribution in [0, 0.1) is 5.92 Å². The normalized spacial score (nSPS) is 10.7. The van der Waals surface area contributed by atoms with Crippen molar-refractivity contribution in [2.75, 3.05) is 18.5 Å². The zero-order chi connectivity index (χ0) is 21.3. The zero-order valence-electron chi connectivity index (χ0n) is 17.2. The van der Waals surface area contributed by atoms with Gasteiger partial charge >= 0.3 is 0 Å². The summed E-state index contributed by atoms with van der Waals surface area (Å²) >= 11 is 3.53. The number of hydrogen-bond donors (Lipinski definition) is 1. The zero-order valence-corrected chi connectivity index (χ0v) is 18.8. The minimum atomic E-state index is -0.228. The number of halogens is 1. The third-order valence-corrected chi connectivity index (χ3v) is 5.10. The fraction of sp³-hybridized carbons (Fsp3) is 0.240. The second kappa shape index (κ2) is 10.8. The third kappa shape index (κ3) is 6.63. The molecule has 0 fully saturated rings. The molecule has 0 aliphatic carbocycles. The van der Waals surface area contributed by atoms with E-state index in [2.05, 4.69) is 47.2 Å². The fourth-order valence-corrected chi connectivity index (χ4v) is 3.34. The lowest BCUT2D eigenvalue weighted by Gasteiger charge is -2.12. The minimum absolute atomic E-state index is 0.0816. The van der Waals surface area contributed by atoms with Crippen LogP contribution < -0.4 is 14.8 Å². The van der Waals surface area contributed by atoms with Gasteiger partial charge in [0.25, 0.3) is 5.91 Å². The summed E-state index contributed by atoms with van der Waals surface area (Å²) in [4.78, 5) is 12.3. The van der Waals surface area contributed by atoms with Crippen molar-refractivity contribution in [1.29, 1.82) is 0 Å². The van der Waals surface area contributed by atoms with Gasteiger partial charge in [-0.25, -0.2) is 0 Å². The fourth-order valence-electron chi connectivity index (χ4n) is 2.84. The van der Waals surface area contributed by atoms with Gasteiger partial charge in [0.2, 0.25) is 0 Å². The summed E-state index contributed by atoms with van der Waals surface area (Å²) in [6.45, 7) is 4.90. The number of anilines is 1. The number of hydrogen-bond acceptors (Lipinski definition) is 3. The van der Waals surface area contributed by atoms with E-state index in [4.69, 9.17) is 9.47 Å². The molecule has 3 aromatic rings. The Hall–Kier alpha value is -2.79. The lowest BCUT2D eigenvalue weighted by atomic mass is 10.1. The van der Waals surface area contributed by atoms with Crippen LogP contribution in [-0.2, 0) is 4.79 Å². The molecule has 0 atom stereocenters. The largest absolute Gasteiger partial charge is 0.494 e. The van der Waals surface area contributed by atoms with E-state index in [0.717, 1.165) is 27.8 Å². The Bertz CT molecular complexity index is 973. The predicted molar refractivity (Wildman–Crippen MR) is 125 cm³/mol. The van der Waals surface area contributed by atoms with E-state index in [-0.39, 0.29) is 12.5 Å². The van der Waals surface area contributed by atoms with Crippen molar-refractivity contribution < 1.29 is 14.3 Å². The van der Waals surface area contributed by atoms with Gasteiger partial charge in [-0.05, 0) is 63.7 Å². The Morgan fingerprint density at radius 1 is 0.933 bits per heavy atom. The van der Waals surface area contributed by atoms with Crippen LogP contribution in [0.3, 0.4) is 0 Å². The number of nitrogens with one attached hydrogen (secondary N) is 1. The summed E-state index contributed by atoms with van der Waals surface area (Å²) in [6.07, 6.45) is 0.988. The Balaban J connectivity index is 1.53. The highest BCUT2D eigenvalue weighted by molar-refractivity contribution is 9.10. The second-order valence-corrected chi connectivity index (χ2v) is 8.26. The molecule has 0 saturated heterocycles. The average molecular weight is 468 g/mol. The Morgan fingerprint density at radius 2 is 1.73 bits per heavy atom. The Morgan fingerprint density at radius 3 is 2.47 bits per heavy atom. The molecule has 0 bridgehead atoms. The van der Waals surface area contributed by atoms with Crippen LogP contribution in [0.15, 0.2) is 77.3 Å². The van der Waals surface area contributed by atoms with Gasteiger partial charge in [0.05, 0.1) is 11.1 Å². The summed E-state index contributed by atoms with van der Waals surface area (Å²) < 4.78 is 12.2. The highest BCUT2D eigenvalue weighted by Gasteiger charge is 2.09. The molecule has 3 aromatic carbocycles. The van der Waals surface area contributed by atoms with Gasteiger partial charge in [-0.15, -0.1) is 0 Å². The standard InChI is InChI=1S/C25H26BrNO3/c1-18(2)13-14-29-22-10-6-9-21(16-22)27-25(28)17-30-24-12-11-20(15-23(24)26)19-7-4-3-5-8-19/h3-12,15-16,18H,13-14,17H2,1-2H3,(H,27,28). The van der Waals surface area contributed by atoms with E-state index >= 15 is 0 Å². The minimum Gasteiger partial charge on any atom is -0.494 e. The van der Waals surface area contributed by atoms with Crippen molar-refractivity contribution in [3.8, 4) is 22.6 Å². The number of carbonyl (C=O) groups excluding carboxylic acids is 1. The molecule has 1 amide bonds. The quantitative estimate of drug-likeness (QED) is 0.387. The topological polar surface area (TPSA) is 47.6 Å². The number of benzene rings is 3. The molecule has 3 rings (SSSR count). The van der Waals surface area contributed by atoms with E-state index in [0.29, 0.717) is 24.0 Å². The first-order chi connectivity index (χ1) is 14.5. The summed E-state index contributed by atoms with van der Waals surface area (Å²) in [5.41, 5.74) is 2.88. The van der Waals surface area contributed by atoms with Crippen molar-refractivity contribution in [3.05, 3.63) is 77.3 Å². The van der Waals surface area contributed by atoms with E-state index in [1.165, 1.54) is 0 Å². The Labute approximate surface area is 186 Å². The molecule has 0 aromatic heterocycles. The van der Waals surface area contributed by atoms with Gasteiger partial charge in [0.15, 0.2) is 6.61 Å². The predicted octanol–water partition coefficient (Wildman–Crippen LogP) is 6.56. The van der Waals surface area contributed by atoms with Gasteiger partial charge < -0.3 is 14.8 Å². The van der Waals surface area contributed by atoms with Crippen LogP contribution in [0.4, 0.5) is 5.69 Å². The number of ether oxygens (including phenoxy) is 2. The van der Waals surface area contributed by atoms with Gasteiger partial charge in [0.1, 0.15) is 11.5 Å². The van der Waals surface area contributed by atoms with Crippen LogP contribution in [0.2, 0.25) is 0 Å². The van der Waals surface area contributed by atoms with Gasteiger partial charge in [-0.1, -0.05) is 56.3 Å². The van der Waals surface area contributed by atoms with Crippen LogP contribution in [-0.4, -0.2) is 19.1 Å². The van der Waals surface area contributed by atoms with Crippen LogP contribution in [0.1, 0.15) is 20.3 Å². The second-order valence-electron chi connectivity index (χ2n) is 7.41. The molecule has 0 aliphatic heterocycles. The van der Waals surface area contributed by atoms with Crippen molar-refractivity contribution in [2.24, 2.45) is 5.92 Å². The van der Waals surface area contributed by atoms with Crippen LogP contribution in [0.5, 0.6) is 11.5 Å². The maximum absolute atomic E-state index is 12.3. The van der Waals surface area contributed by atoms with E-state index in [1.54, 1.807) is 0 Å². The molecule has 0 aliphatic rings. The van der Waals surface area contributed by atoms with Crippen molar-refractivity contribution in [2.45, 2.75) is 20.3 Å². The van der Waals surface area contributed by atoms with Crippen LogP contribution in [0.25, 0.3) is 11.1 Å². The highest BCUT2D eigenvalue weighted by atomic mass is 79.9. The highest BCUT2D eigenvalue weighted by Crippen LogP contribution is 2.30. The number of carbonyl (C=O) groups is 1. The maximum Gasteiger partial charge on any atom is 0.262 e. The molecule has 156 valence electrons. The summed E-state index contributed by atoms with van der Waals surface area (Å²) in [5.74, 6) is 1.73. The smallest absolute Gasteiger partial charge is 0.262 e. The first-order valence-corrected chi connectivity index (χ1v) is 10.8. The SMILES string of the molecule is CC(C)CCOc1cccc(NC(=O)COc2ccc(-c3ccccc3)cc2Br)c1. The van der Waals surface area contributed by atoms with Crippen LogP contribution >= 0.6 is 15.9 Å². The molecular weight excluding hydrogens is 442 g/mol. The lowest BCUT2D eigenvalue weighted by molar-refractivity contribution is -0.118. The van der Waals surface area contributed by atoms with Gasteiger partial charge in [-0.2, -0.15) is 0 Å². The molecular formula is C25H26BrNO3. The molecule has 5 heteroatoms. The molecule has 0 heterocycles. The van der Waals surface area contributed by atoms with Crippen molar-refractivity contribution >= 4 is 27.5 Å². The van der Waals surface area contributed by atoms with Gasteiger partial charge in [-0.3, -0.25) is 4.79 Å². The summed E-state index contributed by atoms with van der Waals surface area (Å²) in [6, 6.07) is 23.3. The maximum atomic E-state index is 12.3. The molecule has 4 nitrogen and oxygen atoms in total.